The fourth-order valence-electron chi connectivity index (χ4n) is 3.48. The van der Waals surface area contributed by atoms with Gasteiger partial charge in [0.05, 0.1) is 17.4 Å². The topological polar surface area (TPSA) is 76.0 Å². The summed E-state index contributed by atoms with van der Waals surface area (Å²) >= 11 is 0. The van der Waals surface area contributed by atoms with Gasteiger partial charge in [-0.2, -0.15) is 0 Å². The number of halogens is 2. The maximum absolute atomic E-state index is 13.6. The van der Waals surface area contributed by atoms with Crippen molar-refractivity contribution in [3.63, 3.8) is 0 Å². The molecule has 2 aromatic rings. The summed E-state index contributed by atoms with van der Waals surface area (Å²) in [6, 6.07) is 1.30. The lowest BCUT2D eigenvalue weighted by Crippen LogP contribution is -2.47. The molecule has 8 heteroatoms. The number of nitrogens with zero attached hydrogens (tertiary/aromatic N) is 2. The summed E-state index contributed by atoms with van der Waals surface area (Å²) in [7, 11) is 0. The summed E-state index contributed by atoms with van der Waals surface area (Å²) in [5.41, 5.74) is 5.53. The van der Waals surface area contributed by atoms with Crippen LogP contribution < -0.4 is 10.9 Å². The zero-order valence-electron chi connectivity index (χ0n) is 14.8. The molecular formula is C18H22F2N4O2. The lowest BCUT2D eigenvalue weighted by Gasteiger charge is -2.23. The predicted octanol–water partition coefficient (Wildman–Crippen LogP) is 2.85. The average Bonchev–Trinajstić information content (AvgIpc) is 3.24. The second-order valence-corrected chi connectivity index (χ2v) is 7.06. The van der Waals surface area contributed by atoms with Crippen LogP contribution in [0.2, 0.25) is 0 Å². The number of aromatic nitrogens is 2. The van der Waals surface area contributed by atoms with Gasteiger partial charge in [0.2, 0.25) is 5.91 Å². The fraction of sp³-hybridized carbons (Fsp3) is 0.500. The largest absolute Gasteiger partial charge is 0.317 e. The number of benzene rings is 1. The molecule has 1 aliphatic carbocycles. The number of hydrazine groups is 1. The summed E-state index contributed by atoms with van der Waals surface area (Å²) in [5, 5.41) is 0. The highest BCUT2D eigenvalue weighted by molar-refractivity contribution is 5.87. The summed E-state index contributed by atoms with van der Waals surface area (Å²) < 4.78 is 28.5. The van der Waals surface area contributed by atoms with Gasteiger partial charge in [-0.3, -0.25) is 20.4 Å². The van der Waals surface area contributed by atoms with Crippen molar-refractivity contribution in [3.05, 3.63) is 30.1 Å². The highest BCUT2D eigenvalue weighted by atomic mass is 19.2. The van der Waals surface area contributed by atoms with Gasteiger partial charge in [-0.25, -0.2) is 13.8 Å². The maximum atomic E-state index is 13.6. The summed E-state index contributed by atoms with van der Waals surface area (Å²) in [6.07, 6.45) is 5.07. The lowest BCUT2D eigenvalue weighted by molar-refractivity contribution is -0.133. The Hall–Kier alpha value is -2.51. The van der Waals surface area contributed by atoms with Gasteiger partial charge in [-0.05, 0) is 18.8 Å². The first-order valence-electron chi connectivity index (χ1n) is 8.79. The number of imidazole rings is 1. The fourth-order valence-corrected chi connectivity index (χ4v) is 3.48. The van der Waals surface area contributed by atoms with Gasteiger partial charge in [-0.1, -0.05) is 26.7 Å². The van der Waals surface area contributed by atoms with Gasteiger partial charge in [0.25, 0.3) is 5.91 Å². The van der Waals surface area contributed by atoms with E-state index in [2.05, 4.69) is 15.8 Å². The molecular weight excluding hydrogens is 342 g/mol. The molecule has 1 aliphatic rings. The van der Waals surface area contributed by atoms with Crippen LogP contribution in [0.15, 0.2) is 18.5 Å². The molecule has 2 N–H and O–H groups in total. The molecule has 1 saturated carbocycles. The third-order valence-electron chi connectivity index (χ3n) is 4.85. The first-order chi connectivity index (χ1) is 12.4. The number of nitrogens with one attached hydrogen (secondary N) is 2. The second-order valence-electron chi connectivity index (χ2n) is 7.06. The molecule has 0 radical (unpaired) electrons. The van der Waals surface area contributed by atoms with Gasteiger partial charge in [0.1, 0.15) is 6.04 Å². The Kier molecular flexibility index (Phi) is 5.20. The van der Waals surface area contributed by atoms with E-state index in [1.54, 1.807) is 0 Å². The quantitative estimate of drug-likeness (QED) is 0.819. The Bertz CT molecular complexity index is 828. The molecule has 140 valence electrons. The smallest absolute Gasteiger partial charge is 0.261 e. The number of hydrogen-bond acceptors (Lipinski definition) is 3. The van der Waals surface area contributed by atoms with Crippen LogP contribution in [0.4, 0.5) is 8.78 Å². The molecule has 0 bridgehead atoms. The molecule has 2 amide bonds. The van der Waals surface area contributed by atoms with Crippen molar-refractivity contribution in [1.29, 1.82) is 0 Å². The molecule has 1 aromatic heterocycles. The number of rotatable bonds is 4. The highest BCUT2D eigenvalue weighted by Gasteiger charge is 2.28. The SMILES string of the molecule is CC(C)[C@H](C(=O)NNC(=O)C1CCCC1)n1cnc2cc(F)c(F)cc21. The van der Waals surface area contributed by atoms with Gasteiger partial charge in [0, 0.05) is 18.1 Å². The molecule has 0 spiro atoms. The van der Waals surface area contributed by atoms with Gasteiger partial charge < -0.3 is 4.57 Å². The predicted molar refractivity (Wildman–Crippen MR) is 91.8 cm³/mol. The molecule has 26 heavy (non-hydrogen) atoms. The van der Waals surface area contributed by atoms with Crippen molar-refractivity contribution in [3.8, 4) is 0 Å². The van der Waals surface area contributed by atoms with Gasteiger partial charge in [0.15, 0.2) is 11.6 Å². The second kappa shape index (κ2) is 7.39. The number of fused-ring (bicyclic) bond motifs is 1. The molecule has 1 heterocycles. The average molecular weight is 364 g/mol. The van der Waals surface area contributed by atoms with Crippen molar-refractivity contribution >= 4 is 22.8 Å². The van der Waals surface area contributed by atoms with Crippen LogP contribution in [0, 0.1) is 23.5 Å². The Morgan fingerprint density at radius 3 is 2.46 bits per heavy atom. The Morgan fingerprint density at radius 2 is 1.81 bits per heavy atom. The van der Waals surface area contributed by atoms with Crippen molar-refractivity contribution in [2.45, 2.75) is 45.6 Å². The molecule has 1 aromatic carbocycles. The first-order valence-corrected chi connectivity index (χ1v) is 8.79. The molecule has 1 fully saturated rings. The third kappa shape index (κ3) is 3.54. The molecule has 0 aliphatic heterocycles. The minimum Gasteiger partial charge on any atom is -0.317 e. The van der Waals surface area contributed by atoms with Crippen molar-refractivity contribution in [1.82, 2.24) is 20.4 Å². The minimum atomic E-state index is -1.00. The molecule has 3 rings (SSSR count). The van der Waals surface area contributed by atoms with Crippen LogP contribution in [-0.2, 0) is 9.59 Å². The van der Waals surface area contributed by atoms with E-state index in [1.165, 1.54) is 10.9 Å². The van der Waals surface area contributed by atoms with Crippen LogP contribution >= 0.6 is 0 Å². The van der Waals surface area contributed by atoms with Crippen molar-refractivity contribution in [2.75, 3.05) is 0 Å². The van der Waals surface area contributed by atoms with Crippen LogP contribution in [0.25, 0.3) is 11.0 Å². The van der Waals surface area contributed by atoms with E-state index in [-0.39, 0.29) is 23.3 Å². The monoisotopic (exact) mass is 364 g/mol. The number of amides is 2. The summed E-state index contributed by atoms with van der Waals surface area (Å²) in [5.74, 6) is -2.85. The van der Waals surface area contributed by atoms with E-state index in [4.69, 9.17) is 0 Å². The van der Waals surface area contributed by atoms with E-state index in [9.17, 15) is 18.4 Å². The van der Waals surface area contributed by atoms with E-state index in [1.807, 2.05) is 13.8 Å². The van der Waals surface area contributed by atoms with Gasteiger partial charge >= 0.3 is 0 Å². The third-order valence-corrected chi connectivity index (χ3v) is 4.85. The Morgan fingerprint density at radius 1 is 1.15 bits per heavy atom. The van der Waals surface area contributed by atoms with E-state index < -0.39 is 23.6 Å². The lowest BCUT2D eigenvalue weighted by atomic mass is 10.0. The zero-order chi connectivity index (χ0) is 18.8. The van der Waals surface area contributed by atoms with Crippen LogP contribution in [0.1, 0.15) is 45.6 Å². The standard InChI is InChI=1S/C18H22F2N4O2/c1-10(2)16(18(26)23-22-17(25)11-5-3-4-6-11)24-9-21-14-7-12(19)13(20)8-15(14)24/h7-11,16H,3-6H2,1-2H3,(H,22,25)(H,23,26)/t16-/m1/s1. The normalized spacial score (nSPS) is 16.2. The van der Waals surface area contributed by atoms with Crippen molar-refractivity contribution < 1.29 is 18.4 Å². The minimum absolute atomic E-state index is 0.0704. The number of hydrogen-bond donors (Lipinski definition) is 2. The van der Waals surface area contributed by atoms with Gasteiger partial charge in [-0.15, -0.1) is 0 Å². The summed E-state index contributed by atoms with van der Waals surface area (Å²) in [4.78, 5) is 28.8. The Balaban J connectivity index is 1.79. The maximum Gasteiger partial charge on any atom is 0.261 e. The summed E-state index contributed by atoms with van der Waals surface area (Å²) in [6.45, 7) is 3.66. The van der Waals surface area contributed by atoms with E-state index >= 15 is 0 Å². The number of carbonyl (C=O) groups is 2. The van der Waals surface area contributed by atoms with E-state index in [0.29, 0.717) is 5.52 Å². The molecule has 6 nitrogen and oxygen atoms in total. The van der Waals surface area contributed by atoms with Crippen LogP contribution in [0.3, 0.4) is 0 Å². The first kappa shape index (κ1) is 18.3. The highest BCUT2D eigenvalue weighted by Crippen LogP contribution is 2.26. The van der Waals surface area contributed by atoms with Crippen LogP contribution in [-0.4, -0.2) is 21.4 Å². The van der Waals surface area contributed by atoms with E-state index in [0.717, 1.165) is 37.8 Å². The molecule has 1 atom stereocenters. The zero-order valence-corrected chi connectivity index (χ0v) is 14.8. The Labute approximate surface area is 149 Å². The van der Waals surface area contributed by atoms with Crippen molar-refractivity contribution in [2.24, 2.45) is 11.8 Å². The number of carbonyl (C=O) groups excluding carboxylic acids is 2. The molecule has 0 saturated heterocycles. The van der Waals surface area contributed by atoms with Crippen LogP contribution in [0.5, 0.6) is 0 Å². The molecule has 0 unspecified atom stereocenters.